The molecule has 0 radical (unpaired) electrons. The van der Waals surface area contributed by atoms with E-state index in [1.54, 1.807) is 22.3 Å². The lowest BCUT2D eigenvalue weighted by molar-refractivity contribution is 0.499. The molecule has 15 heavy (non-hydrogen) atoms. The van der Waals surface area contributed by atoms with Crippen molar-refractivity contribution in [3.63, 3.8) is 0 Å². The van der Waals surface area contributed by atoms with E-state index in [4.69, 9.17) is 0 Å². The number of aryl methyl sites for hydroxylation is 3. The molecule has 2 aliphatic rings. The van der Waals surface area contributed by atoms with E-state index in [-0.39, 0.29) is 0 Å². The zero-order valence-electron chi connectivity index (χ0n) is 9.68. The highest BCUT2D eigenvalue weighted by Gasteiger charge is 2.18. The molecule has 1 aromatic carbocycles. The van der Waals surface area contributed by atoms with Crippen LogP contribution >= 0.6 is 0 Å². The second kappa shape index (κ2) is 3.66. The van der Waals surface area contributed by atoms with Gasteiger partial charge in [0.2, 0.25) is 0 Å². The van der Waals surface area contributed by atoms with Crippen LogP contribution in [0.1, 0.15) is 48.4 Å². The molecule has 80 valence electrons. The fourth-order valence-electron chi connectivity index (χ4n) is 3.19. The van der Waals surface area contributed by atoms with Gasteiger partial charge in [0.25, 0.3) is 0 Å². The Bertz CT molecular complexity index is 376. The van der Waals surface area contributed by atoms with Gasteiger partial charge in [-0.05, 0) is 73.1 Å². The van der Waals surface area contributed by atoms with Gasteiger partial charge in [0, 0.05) is 0 Å². The van der Waals surface area contributed by atoms with Gasteiger partial charge in [-0.25, -0.2) is 0 Å². The fourth-order valence-corrected chi connectivity index (χ4v) is 3.19. The summed E-state index contributed by atoms with van der Waals surface area (Å²) in [5.41, 5.74) is 6.65. The Labute approximate surface area is 92.7 Å². The predicted octanol–water partition coefficient (Wildman–Crippen LogP) is 3.69. The van der Waals surface area contributed by atoms with E-state index in [1.807, 2.05) is 0 Å². The largest absolute Gasteiger partial charge is 0.0622 e. The lowest BCUT2D eigenvalue weighted by Crippen LogP contribution is -2.14. The monoisotopic (exact) mass is 200 g/mol. The lowest BCUT2D eigenvalue weighted by Gasteiger charge is -2.25. The maximum atomic E-state index is 2.53. The van der Waals surface area contributed by atoms with Crippen molar-refractivity contribution in [2.75, 3.05) is 0 Å². The van der Waals surface area contributed by atoms with Crippen LogP contribution in [0.3, 0.4) is 0 Å². The van der Waals surface area contributed by atoms with Crippen LogP contribution in [0.15, 0.2) is 12.1 Å². The molecular formula is C15H20. The zero-order chi connectivity index (χ0) is 10.3. The van der Waals surface area contributed by atoms with Crippen molar-refractivity contribution in [3.05, 3.63) is 34.4 Å². The molecule has 0 N–H and O–H groups in total. The van der Waals surface area contributed by atoms with E-state index >= 15 is 0 Å². The maximum absolute atomic E-state index is 2.53. The standard InChI is InChI=1S/C15H20/c1-11-6-7-14-9-12-4-2-3-5-13(12)10-15(14)8-11/h9-11H,2-8H2,1H3. The van der Waals surface area contributed by atoms with E-state index in [0.29, 0.717) is 0 Å². The quantitative estimate of drug-likeness (QED) is 0.599. The summed E-state index contributed by atoms with van der Waals surface area (Å²) in [6.07, 6.45) is 9.51. The Morgan fingerprint density at radius 3 is 2.20 bits per heavy atom. The van der Waals surface area contributed by atoms with Crippen molar-refractivity contribution in [3.8, 4) is 0 Å². The van der Waals surface area contributed by atoms with E-state index in [1.165, 1.54) is 44.9 Å². The number of rotatable bonds is 0. The van der Waals surface area contributed by atoms with Gasteiger partial charge in [0.1, 0.15) is 0 Å². The fraction of sp³-hybridized carbons (Fsp3) is 0.600. The van der Waals surface area contributed by atoms with E-state index in [0.717, 1.165) is 5.92 Å². The summed E-state index contributed by atoms with van der Waals surface area (Å²) in [6, 6.07) is 5.05. The highest BCUT2D eigenvalue weighted by Crippen LogP contribution is 2.31. The third-order valence-electron chi connectivity index (χ3n) is 4.14. The number of hydrogen-bond donors (Lipinski definition) is 0. The van der Waals surface area contributed by atoms with Gasteiger partial charge in [-0.3, -0.25) is 0 Å². The summed E-state index contributed by atoms with van der Waals surface area (Å²) in [5.74, 6) is 0.902. The Morgan fingerprint density at radius 1 is 0.867 bits per heavy atom. The first-order valence-electron chi connectivity index (χ1n) is 6.46. The summed E-state index contributed by atoms with van der Waals surface area (Å²) in [4.78, 5) is 0. The van der Waals surface area contributed by atoms with Crippen LogP contribution in [0.2, 0.25) is 0 Å². The molecule has 2 aliphatic carbocycles. The van der Waals surface area contributed by atoms with Gasteiger partial charge in [0.05, 0.1) is 0 Å². The van der Waals surface area contributed by atoms with Crippen LogP contribution in [-0.2, 0) is 25.7 Å². The van der Waals surface area contributed by atoms with Crippen molar-refractivity contribution in [1.29, 1.82) is 0 Å². The maximum Gasteiger partial charge on any atom is -0.0250 e. The molecule has 0 aromatic heterocycles. The first-order valence-corrected chi connectivity index (χ1v) is 6.46. The number of benzene rings is 1. The number of fused-ring (bicyclic) bond motifs is 2. The highest BCUT2D eigenvalue weighted by molar-refractivity contribution is 5.41. The summed E-state index contributed by atoms with van der Waals surface area (Å²) in [6.45, 7) is 2.39. The first-order chi connectivity index (χ1) is 7.33. The van der Waals surface area contributed by atoms with Crippen molar-refractivity contribution in [1.82, 2.24) is 0 Å². The average molecular weight is 200 g/mol. The van der Waals surface area contributed by atoms with Crippen molar-refractivity contribution >= 4 is 0 Å². The molecule has 0 spiro atoms. The van der Waals surface area contributed by atoms with Gasteiger partial charge in [-0.15, -0.1) is 0 Å². The van der Waals surface area contributed by atoms with Gasteiger partial charge in [-0.1, -0.05) is 19.1 Å². The second-order valence-electron chi connectivity index (χ2n) is 5.44. The summed E-state index contributed by atoms with van der Waals surface area (Å²) in [5, 5.41) is 0. The van der Waals surface area contributed by atoms with Gasteiger partial charge in [-0.2, -0.15) is 0 Å². The molecule has 0 saturated heterocycles. The molecule has 3 rings (SSSR count). The lowest BCUT2D eigenvalue weighted by atomic mass is 9.80. The van der Waals surface area contributed by atoms with E-state index in [9.17, 15) is 0 Å². The number of hydrogen-bond acceptors (Lipinski definition) is 0. The minimum absolute atomic E-state index is 0.902. The minimum atomic E-state index is 0.902. The molecule has 0 aliphatic heterocycles. The Hall–Kier alpha value is -0.780. The Kier molecular flexibility index (Phi) is 2.31. The molecule has 0 heterocycles. The van der Waals surface area contributed by atoms with Crippen LogP contribution in [-0.4, -0.2) is 0 Å². The molecule has 1 aromatic rings. The van der Waals surface area contributed by atoms with Crippen LogP contribution < -0.4 is 0 Å². The van der Waals surface area contributed by atoms with E-state index in [2.05, 4.69) is 19.1 Å². The highest BCUT2D eigenvalue weighted by atomic mass is 14.2. The second-order valence-corrected chi connectivity index (χ2v) is 5.44. The van der Waals surface area contributed by atoms with Gasteiger partial charge < -0.3 is 0 Å². The van der Waals surface area contributed by atoms with Gasteiger partial charge >= 0.3 is 0 Å². The molecule has 0 amide bonds. The third kappa shape index (κ3) is 1.71. The van der Waals surface area contributed by atoms with Gasteiger partial charge in [0.15, 0.2) is 0 Å². The normalized spacial score (nSPS) is 24.5. The summed E-state index contributed by atoms with van der Waals surface area (Å²) < 4.78 is 0. The first kappa shape index (κ1) is 9.45. The van der Waals surface area contributed by atoms with Crippen molar-refractivity contribution in [2.24, 2.45) is 5.92 Å². The van der Waals surface area contributed by atoms with Crippen LogP contribution in [0.5, 0.6) is 0 Å². The SMILES string of the molecule is CC1CCc2cc3c(cc2C1)CCCC3. The molecule has 0 saturated carbocycles. The molecule has 0 bridgehead atoms. The van der Waals surface area contributed by atoms with Crippen molar-refractivity contribution < 1.29 is 0 Å². The topological polar surface area (TPSA) is 0 Å². The summed E-state index contributed by atoms with van der Waals surface area (Å²) >= 11 is 0. The molecule has 0 fully saturated rings. The van der Waals surface area contributed by atoms with E-state index < -0.39 is 0 Å². The molecule has 1 atom stereocenters. The summed E-state index contributed by atoms with van der Waals surface area (Å²) in [7, 11) is 0. The minimum Gasteiger partial charge on any atom is -0.0622 e. The van der Waals surface area contributed by atoms with Crippen LogP contribution in [0.25, 0.3) is 0 Å². The third-order valence-corrected chi connectivity index (χ3v) is 4.14. The average Bonchev–Trinajstić information content (AvgIpc) is 2.26. The zero-order valence-corrected chi connectivity index (χ0v) is 9.68. The van der Waals surface area contributed by atoms with Crippen LogP contribution in [0, 0.1) is 5.92 Å². The molecule has 0 nitrogen and oxygen atoms in total. The molecular weight excluding hydrogens is 180 g/mol. The Morgan fingerprint density at radius 2 is 1.47 bits per heavy atom. The van der Waals surface area contributed by atoms with Crippen molar-refractivity contribution in [2.45, 2.75) is 51.9 Å². The predicted molar refractivity (Wildman–Crippen MR) is 64.3 cm³/mol. The van der Waals surface area contributed by atoms with Crippen LogP contribution in [0.4, 0.5) is 0 Å². The Balaban J connectivity index is 2.02. The molecule has 1 unspecified atom stereocenters. The molecule has 0 heteroatoms. The smallest absolute Gasteiger partial charge is 0.0250 e.